The fourth-order valence-corrected chi connectivity index (χ4v) is 3.72. The van der Waals surface area contributed by atoms with E-state index in [1.165, 1.54) is 25.8 Å². The van der Waals surface area contributed by atoms with Crippen molar-refractivity contribution in [1.82, 2.24) is 10.2 Å². The van der Waals surface area contributed by atoms with E-state index in [2.05, 4.69) is 48.7 Å². The van der Waals surface area contributed by atoms with Crippen molar-refractivity contribution < 1.29 is 4.79 Å². The van der Waals surface area contributed by atoms with Crippen LogP contribution in [0.15, 0.2) is 22.7 Å². The summed E-state index contributed by atoms with van der Waals surface area (Å²) in [5.74, 6) is 0.640. The number of rotatable bonds is 4. The summed E-state index contributed by atoms with van der Waals surface area (Å²) in [5.41, 5.74) is 0.731. The van der Waals surface area contributed by atoms with Crippen LogP contribution in [-0.2, 0) is 0 Å². The smallest absolute Gasteiger partial charge is 0.252 e. The van der Waals surface area contributed by atoms with Gasteiger partial charge in [-0.3, -0.25) is 4.79 Å². The van der Waals surface area contributed by atoms with Gasteiger partial charge in [-0.2, -0.15) is 0 Å². The number of halogens is 2. The van der Waals surface area contributed by atoms with Crippen LogP contribution in [0, 0.1) is 9.49 Å². The van der Waals surface area contributed by atoms with Crippen molar-refractivity contribution in [3.63, 3.8) is 0 Å². The third-order valence-electron chi connectivity index (χ3n) is 4.10. The van der Waals surface area contributed by atoms with Crippen molar-refractivity contribution in [2.75, 3.05) is 19.6 Å². The summed E-state index contributed by atoms with van der Waals surface area (Å²) in [7, 11) is 0. The Morgan fingerprint density at radius 2 is 2.20 bits per heavy atom. The summed E-state index contributed by atoms with van der Waals surface area (Å²) in [5, 5.41) is 3.09. The zero-order chi connectivity index (χ0) is 14.1. The third kappa shape index (κ3) is 3.54. The van der Waals surface area contributed by atoms with Gasteiger partial charge in [0.15, 0.2) is 0 Å². The molecule has 20 heavy (non-hydrogen) atoms. The molecular formula is C15H18BrIN2O. The molecule has 1 saturated carbocycles. The van der Waals surface area contributed by atoms with E-state index in [-0.39, 0.29) is 5.91 Å². The number of hydrogen-bond donors (Lipinski definition) is 1. The summed E-state index contributed by atoms with van der Waals surface area (Å²) in [6.45, 7) is 3.15. The number of nitrogens with one attached hydrogen (secondary N) is 1. The van der Waals surface area contributed by atoms with Gasteiger partial charge in [-0.15, -0.1) is 0 Å². The van der Waals surface area contributed by atoms with Crippen LogP contribution in [0.4, 0.5) is 0 Å². The number of nitrogens with zero attached hydrogens (tertiary/aromatic N) is 1. The van der Waals surface area contributed by atoms with Crippen molar-refractivity contribution >= 4 is 44.4 Å². The molecule has 1 saturated heterocycles. The highest BCUT2D eigenvalue weighted by molar-refractivity contribution is 14.1. The fourth-order valence-electron chi connectivity index (χ4n) is 2.80. The second-order valence-electron chi connectivity index (χ2n) is 5.72. The molecule has 2 aliphatic rings. The molecule has 1 aliphatic heterocycles. The third-order valence-corrected chi connectivity index (χ3v) is 5.47. The maximum absolute atomic E-state index is 12.2. The minimum atomic E-state index is 0.0280. The van der Waals surface area contributed by atoms with Crippen molar-refractivity contribution in [2.24, 2.45) is 5.92 Å². The SMILES string of the molecule is O=C(NCC1CCN(C2CC2)C1)c1cc(I)ccc1Br. The van der Waals surface area contributed by atoms with Crippen LogP contribution >= 0.6 is 38.5 Å². The maximum Gasteiger partial charge on any atom is 0.252 e. The summed E-state index contributed by atoms with van der Waals surface area (Å²) in [6.07, 6.45) is 3.95. The fraction of sp³-hybridized carbons (Fsp3) is 0.533. The molecule has 3 nitrogen and oxygen atoms in total. The largest absolute Gasteiger partial charge is 0.352 e. The van der Waals surface area contributed by atoms with Gasteiger partial charge in [0.1, 0.15) is 0 Å². The molecule has 1 amide bonds. The zero-order valence-corrected chi connectivity index (χ0v) is 15.0. The van der Waals surface area contributed by atoms with Gasteiger partial charge in [0.2, 0.25) is 0 Å². The normalized spacial score (nSPS) is 23.0. The molecule has 0 bridgehead atoms. The predicted molar refractivity (Wildman–Crippen MR) is 91.9 cm³/mol. The number of benzene rings is 1. The van der Waals surface area contributed by atoms with Crippen LogP contribution in [0.25, 0.3) is 0 Å². The lowest BCUT2D eigenvalue weighted by atomic mass is 10.1. The lowest BCUT2D eigenvalue weighted by molar-refractivity contribution is 0.0946. The average Bonchev–Trinajstić information content (AvgIpc) is 3.18. The minimum absolute atomic E-state index is 0.0280. The highest BCUT2D eigenvalue weighted by atomic mass is 127. The lowest BCUT2D eigenvalue weighted by Gasteiger charge is -2.15. The molecule has 2 fully saturated rings. The first-order chi connectivity index (χ1) is 9.63. The Labute approximate surface area is 141 Å². The summed E-state index contributed by atoms with van der Waals surface area (Å²) in [4.78, 5) is 14.8. The van der Waals surface area contributed by atoms with Crippen molar-refractivity contribution in [3.05, 3.63) is 31.8 Å². The van der Waals surface area contributed by atoms with E-state index >= 15 is 0 Å². The van der Waals surface area contributed by atoms with Gasteiger partial charge in [-0.1, -0.05) is 0 Å². The Morgan fingerprint density at radius 3 is 2.95 bits per heavy atom. The zero-order valence-electron chi connectivity index (χ0n) is 11.2. The highest BCUT2D eigenvalue weighted by Crippen LogP contribution is 2.31. The molecule has 108 valence electrons. The van der Waals surface area contributed by atoms with Gasteiger partial charge in [-0.25, -0.2) is 0 Å². The van der Waals surface area contributed by atoms with E-state index in [0.29, 0.717) is 5.92 Å². The number of carbonyl (C=O) groups is 1. The topological polar surface area (TPSA) is 32.3 Å². The molecule has 1 aliphatic carbocycles. The van der Waals surface area contributed by atoms with E-state index < -0.39 is 0 Å². The molecule has 1 atom stereocenters. The number of carbonyl (C=O) groups excluding carboxylic acids is 1. The van der Waals surface area contributed by atoms with E-state index in [1.807, 2.05) is 18.2 Å². The summed E-state index contributed by atoms with van der Waals surface area (Å²) >= 11 is 5.68. The Kier molecular flexibility index (Phi) is 4.67. The monoisotopic (exact) mass is 448 g/mol. The second kappa shape index (κ2) is 6.32. The molecule has 0 aromatic heterocycles. The van der Waals surface area contributed by atoms with E-state index in [1.54, 1.807) is 0 Å². The van der Waals surface area contributed by atoms with Crippen LogP contribution < -0.4 is 5.32 Å². The second-order valence-corrected chi connectivity index (χ2v) is 7.81. The van der Waals surface area contributed by atoms with Crippen LogP contribution in [0.5, 0.6) is 0 Å². The predicted octanol–water partition coefficient (Wildman–Crippen LogP) is 3.27. The molecular weight excluding hydrogens is 431 g/mol. The van der Waals surface area contributed by atoms with Crippen molar-refractivity contribution in [2.45, 2.75) is 25.3 Å². The molecule has 1 heterocycles. The summed E-state index contributed by atoms with van der Waals surface area (Å²) < 4.78 is 1.94. The van der Waals surface area contributed by atoms with E-state index in [0.717, 1.165) is 32.7 Å². The van der Waals surface area contributed by atoms with Crippen LogP contribution in [0.3, 0.4) is 0 Å². The standard InChI is InChI=1S/C15H18BrIN2O/c16-14-4-1-11(17)7-13(14)15(20)18-8-10-5-6-19(9-10)12-2-3-12/h1,4,7,10,12H,2-3,5-6,8-9H2,(H,18,20). The Bertz CT molecular complexity index is 519. The first-order valence-electron chi connectivity index (χ1n) is 7.11. The quantitative estimate of drug-likeness (QED) is 0.717. The van der Waals surface area contributed by atoms with Crippen LogP contribution in [0.1, 0.15) is 29.6 Å². The molecule has 0 radical (unpaired) electrons. The van der Waals surface area contributed by atoms with E-state index in [4.69, 9.17) is 0 Å². The highest BCUT2D eigenvalue weighted by Gasteiger charge is 2.34. The van der Waals surface area contributed by atoms with Crippen LogP contribution in [-0.4, -0.2) is 36.5 Å². The van der Waals surface area contributed by atoms with Gasteiger partial charge in [-0.05, 0) is 88.4 Å². The molecule has 3 rings (SSSR count). The van der Waals surface area contributed by atoms with Crippen molar-refractivity contribution in [3.8, 4) is 0 Å². The van der Waals surface area contributed by atoms with Crippen molar-refractivity contribution in [1.29, 1.82) is 0 Å². The molecule has 1 aromatic carbocycles. The molecule has 1 unspecified atom stereocenters. The minimum Gasteiger partial charge on any atom is -0.352 e. The average molecular weight is 449 g/mol. The van der Waals surface area contributed by atoms with Gasteiger partial charge in [0.05, 0.1) is 5.56 Å². The molecule has 1 aromatic rings. The lowest BCUT2D eigenvalue weighted by Crippen LogP contribution is -2.31. The van der Waals surface area contributed by atoms with Gasteiger partial charge >= 0.3 is 0 Å². The summed E-state index contributed by atoms with van der Waals surface area (Å²) in [6, 6.07) is 6.69. The Morgan fingerprint density at radius 1 is 1.40 bits per heavy atom. The molecule has 1 N–H and O–H groups in total. The Balaban J connectivity index is 1.53. The van der Waals surface area contributed by atoms with Gasteiger partial charge in [0, 0.05) is 27.2 Å². The Hall–Kier alpha value is -0.140. The van der Waals surface area contributed by atoms with Gasteiger partial charge in [0.25, 0.3) is 5.91 Å². The van der Waals surface area contributed by atoms with Gasteiger partial charge < -0.3 is 10.2 Å². The molecule has 5 heteroatoms. The molecule has 0 spiro atoms. The number of hydrogen-bond acceptors (Lipinski definition) is 2. The number of amides is 1. The van der Waals surface area contributed by atoms with Crippen LogP contribution in [0.2, 0.25) is 0 Å². The van der Waals surface area contributed by atoms with E-state index in [9.17, 15) is 4.79 Å². The first kappa shape index (κ1) is 14.8. The number of likely N-dealkylation sites (tertiary alicyclic amines) is 1. The maximum atomic E-state index is 12.2. The first-order valence-corrected chi connectivity index (χ1v) is 8.98.